The topological polar surface area (TPSA) is 78.4 Å². The number of nitrogens with zero attached hydrogens (tertiary/aromatic N) is 1. The lowest BCUT2D eigenvalue weighted by atomic mass is 12.5. The fourth-order valence-corrected chi connectivity index (χ4v) is 0. The van der Waals surface area contributed by atoms with E-state index in [0.717, 1.165) is 0 Å². The maximum Gasteiger partial charge on any atom is 0.370 e. The second kappa shape index (κ2) is 1.48. The number of hydrogen-bond acceptors (Lipinski definition) is 2. The van der Waals surface area contributed by atoms with Crippen molar-refractivity contribution in [2.75, 3.05) is 0 Å². The first-order valence-corrected chi connectivity index (χ1v) is 0.895. The lowest BCUT2D eigenvalue weighted by Crippen LogP contribution is -2.30. The first-order chi connectivity index (χ1) is 2.27. The molecule has 4 N–H and O–H groups in total. The highest BCUT2D eigenvalue weighted by atomic mass is 16.7. The van der Waals surface area contributed by atoms with E-state index in [9.17, 15) is 0 Å². The highest BCUT2D eigenvalue weighted by Crippen LogP contribution is 1.31. The zero-order chi connectivity index (χ0) is 4.28. The normalized spacial score (nSPS) is 6.60. The van der Waals surface area contributed by atoms with Crippen LogP contribution in [0.4, 0.5) is 0 Å². The summed E-state index contributed by atoms with van der Waals surface area (Å²) in [6.07, 6.45) is 0. The van der Waals surface area contributed by atoms with Crippen molar-refractivity contribution < 1.29 is 10.2 Å². The summed E-state index contributed by atoms with van der Waals surface area (Å²) in [6.45, 7) is 0. The van der Waals surface area contributed by atoms with Crippen LogP contribution in [0.3, 0.4) is 0 Å². The van der Waals surface area contributed by atoms with Gasteiger partial charge in [0, 0.05) is 0 Å². The van der Waals surface area contributed by atoms with Crippen LogP contribution in [0, 0.1) is 4.91 Å². The zero-order valence-electron chi connectivity index (χ0n) is 2.38. The molecule has 0 saturated carbocycles. The fraction of sp³-hybridized carbons (Fsp3) is 0. The Morgan fingerprint density at radius 1 is 2.00 bits per heavy atom. The van der Waals surface area contributed by atoms with Crippen molar-refractivity contribution in [1.82, 2.24) is 5.53 Å². The predicted octanol–water partition coefficient (Wildman–Crippen LogP) is -1.47. The zero-order valence-corrected chi connectivity index (χ0v) is 2.38. The van der Waals surface area contributed by atoms with Crippen LogP contribution in [-0.4, -0.2) is 10.2 Å². The smallest absolute Gasteiger partial charge is 0.218 e. The molecule has 5 heteroatoms. The van der Waals surface area contributed by atoms with E-state index in [4.69, 9.17) is 10.1 Å². The molecule has 0 aliphatic carbocycles. The van der Waals surface area contributed by atoms with Crippen molar-refractivity contribution in [3.05, 3.63) is 4.91 Å². The fourth-order valence-electron chi connectivity index (χ4n) is 0. The Morgan fingerprint density at radius 2 is 2.20 bits per heavy atom. The van der Waals surface area contributed by atoms with E-state index in [1.54, 1.807) is 0 Å². The van der Waals surface area contributed by atoms with Crippen molar-refractivity contribution in [1.29, 1.82) is 0 Å². The third-order valence-corrected chi connectivity index (χ3v) is 0.110. The molecule has 0 atom stereocenters. The number of nitrogens with one attached hydrogen (secondary N) is 1. The van der Waals surface area contributed by atoms with E-state index >= 15 is 0 Å². The lowest BCUT2D eigenvalue weighted by molar-refractivity contribution is -0.834. The molecule has 0 aromatic heterocycles. The predicted molar refractivity (Wildman–Crippen MR) is 12.7 cm³/mol. The Bertz CT molecular complexity index is 40.2. The highest BCUT2D eigenvalue weighted by molar-refractivity contribution is 3.66. The van der Waals surface area contributed by atoms with Gasteiger partial charge in [0.15, 0.2) is 0 Å². The maximum absolute atomic E-state index is 9.05. The molecule has 0 spiro atoms. The lowest BCUT2D eigenvalue weighted by Gasteiger charge is -1.66. The highest BCUT2D eigenvalue weighted by Gasteiger charge is 1.86. The Balaban J connectivity index is 2.85. The van der Waals surface area contributed by atoms with Crippen molar-refractivity contribution in [3.63, 3.8) is 0 Å². The van der Waals surface area contributed by atoms with Crippen molar-refractivity contribution in [2.45, 2.75) is 0 Å². The second-order valence-corrected chi connectivity index (χ2v) is 0.402. The quantitative estimate of drug-likeness (QED) is 0.264. The van der Waals surface area contributed by atoms with Gasteiger partial charge in [0.25, 0.3) is 0 Å². The molecule has 0 aromatic carbocycles. The summed E-state index contributed by atoms with van der Waals surface area (Å²) in [4.78, 5) is 9.05. The van der Waals surface area contributed by atoms with Gasteiger partial charge in [-0.2, -0.15) is 5.84 Å². The van der Waals surface area contributed by atoms with Crippen LogP contribution in [-0.2, 0) is 0 Å². The molecular weight excluding hydrogens is 74.0 g/mol. The number of nitrogens with two attached hydrogens (primary N) is 1. The molecule has 5 heavy (non-hydrogen) atoms. The molecular formula is H4N3O2+. The van der Waals surface area contributed by atoms with Gasteiger partial charge in [-0.25, -0.2) is 5.21 Å². The van der Waals surface area contributed by atoms with Gasteiger partial charge in [-0.15, -0.1) is 0 Å². The summed E-state index contributed by atoms with van der Waals surface area (Å²) in [7, 11) is 0. The Labute approximate surface area is 27.9 Å². The molecule has 30 valence electrons. The number of hydrogen-bond donors (Lipinski definition) is 3. The Hall–Kier alpha value is -0.840. The van der Waals surface area contributed by atoms with Crippen molar-refractivity contribution in [2.24, 2.45) is 5.84 Å². The first kappa shape index (κ1) is 4.16. The van der Waals surface area contributed by atoms with E-state index in [-0.39, 0.29) is 0 Å². The van der Waals surface area contributed by atoms with Gasteiger partial charge in [0.2, 0.25) is 0 Å². The Kier molecular flexibility index (Phi) is 1.23. The van der Waals surface area contributed by atoms with Crippen LogP contribution in [0.5, 0.6) is 0 Å². The van der Waals surface area contributed by atoms with Crippen LogP contribution >= 0.6 is 0 Å². The van der Waals surface area contributed by atoms with Crippen LogP contribution in [0.25, 0.3) is 0 Å². The van der Waals surface area contributed by atoms with Gasteiger partial charge in [-0.1, -0.05) is 0 Å². The molecule has 0 bridgehead atoms. The molecule has 0 unspecified atom stereocenters. The van der Waals surface area contributed by atoms with Crippen LogP contribution < -0.4 is 11.4 Å². The van der Waals surface area contributed by atoms with E-state index in [1.807, 2.05) is 0 Å². The van der Waals surface area contributed by atoms with E-state index < -0.39 is 5.03 Å². The number of hydrazine groups is 2. The minimum Gasteiger partial charge on any atom is -0.218 e. The minimum atomic E-state index is -0.597. The monoisotopic (exact) mass is 78.0 g/mol. The molecule has 0 saturated heterocycles. The molecule has 0 fully saturated rings. The summed E-state index contributed by atoms with van der Waals surface area (Å²) in [5.74, 6) is 4.28. The average molecular weight is 78.1 g/mol. The third-order valence-electron chi connectivity index (χ3n) is 0.110. The van der Waals surface area contributed by atoms with Gasteiger partial charge in [-0.05, 0) is 5.53 Å². The van der Waals surface area contributed by atoms with E-state index in [0.29, 0.717) is 0 Å². The molecule has 0 amide bonds. The van der Waals surface area contributed by atoms with E-state index in [1.165, 1.54) is 5.53 Å². The SMILES string of the molecule is NN[N+](=O)O. The summed E-state index contributed by atoms with van der Waals surface area (Å²) in [6, 6.07) is 0. The minimum absolute atomic E-state index is 0.597. The molecule has 0 aliphatic heterocycles. The van der Waals surface area contributed by atoms with Gasteiger partial charge >= 0.3 is 5.03 Å². The number of rotatable bonds is 1. The average Bonchev–Trinajstić information content (AvgIpc) is 1.38. The maximum atomic E-state index is 9.05. The van der Waals surface area contributed by atoms with Crippen molar-refractivity contribution >= 4 is 0 Å². The molecule has 5 nitrogen and oxygen atoms in total. The summed E-state index contributed by atoms with van der Waals surface area (Å²) >= 11 is 0. The summed E-state index contributed by atoms with van der Waals surface area (Å²) in [5, 5.41) is 6.81. The largest absolute Gasteiger partial charge is 0.370 e. The molecule has 0 aliphatic rings. The summed E-state index contributed by atoms with van der Waals surface area (Å²) < 4.78 is 0. The van der Waals surface area contributed by atoms with Crippen LogP contribution in [0.1, 0.15) is 0 Å². The van der Waals surface area contributed by atoms with Gasteiger partial charge in [0.1, 0.15) is 4.91 Å². The molecule has 0 rings (SSSR count). The van der Waals surface area contributed by atoms with Crippen LogP contribution in [0.15, 0.2) is 0 Å². The Morgan fingerprint density at radius 3 is 2.20 bits per heavy atom. The second-order valence-electron chi connectivity index (χ2n) is 0.402. The summed E-state index contributed by atoms with van der Waals surface area (Å²) in [5.41, 5.74) is 1.36. The standard InChI is InChI=1S/H4N3O2/c1-2-3(4)5/h2H,1H2,(H,4,5)/q+1. The molecule has 0 radical (unpaired) electrons. The van der Waals surface area contributed by atoms with Gasteiger partial charge in [0.05, 0.1) is 0 Å². The van der Waals surface area contributed by atoms with E-state index in [2.05, 4.69) is 5.84 Å². The first-order valence-electron chi connectivity index (χ1n) is 0.895. The van der Waals surface area contributed by atoms with Gasteiger partial charge < -0.3 is 0 Å². The molecule has 0 aromatic rings. The van der Waals surface area contributed by atoms with Gasteiger partial charge in [-0.3, -0.25) is 0 Å². The molecule has 0 heterocycles. The third kappa shape index (κ3) is 3.16. The van der Waals surface area contributed by atoms with Crippen molar-refractivity contribution in [3.8, 4) is 0 Å². The van der Waals surface area contributed by atoms with Crippen LogP contribution in [0.2, 0.25) is 0 Å².